The summed E-state index contributed by atoms with van der Waals surface area (Å²) in [5.41, 5.74) is -0.913. The van der Waals surface area contributed by atoms with Crippen LogP contribution in [0.4, 0.5) is 22.0 Å². The maximum atomic E-state index is 13.2. The lowest BCUT2D eigenvalue weighted by atomic mass is 10.2. The van der Waals surface area contributed by atoms with Crippen molar-refractivity contribution in [1.82, 2.24) is 10.0 Å². The second-order valence-corrected chi connectivity index (χ2v) is 8.29. The van der Waals surface area contributed by atoms with Crippen LogP contribution in [0.1, 0.15) is 12.0 Å². The summed E-state index contributed by atoms with van der Waals surface area (Å²) >= 11 is 0. The Kier molecular flexibility index (Phi) is 8.52. The van der Waals surface area contributed by atoms with Gasteiger partial charge in [-0.15, -0.1) is 0 Å². The van der Waals surface area contributed by atoms with Crippen molar-refractivity contribution in [2.45, 2.75) is 23.6 Å². The lowest BCUT2D eigenvalue weighted by Gasteiger charge is -2.14. The molecule has 0 heterocycles. The Morgan fingerprint density at radius 1 is 1.09 bits per heavy atom. The summed E-state index contributed by atoms with van der Waals surface area (Å²) < 4.78 is 95.1. The van der Waals surface area contributed by atoms with E-state index in [0.29, 0.717) is 12.1 Å². The summed E-state index contributed by atoms with van der Waals surface area (Å²) in [5, 5.41) is 12.1. The van der Waals surface area contributed by atoms with Gasteiger partial charge in [-0.1, -0.05) is 6.07 Å². The second-order valence-electron chi connectivity index (χ2n) is 6.52. The number of aliphatic hydroxyl groups is 1. The highest BCUT2D eigenvalue weighted by molar-refractivity contribution is 7.89. The van der Waals surface area contributed by atoms with Gasteiger partial charge in [0.2, 0.25) is 15.9 Å². The van der Waals surface area contributed by atoms with E-state index in [1.165, 1.54) is 6.07 Å². The van der Waals surface area contributed by atoms with Gasteiger partial charge < -0.3 is 15.2 Å². The zero-order valence-corrected chi connectivity index (χ0v) is 17.1. The predicted molar refractivity (Wildman–Crippen MR) is 102 cm³/mol. The van der Waals surface area contributed by atoms with Crippen LogP contribution in [0, 0.1) is 11.6 Å². The smallest absolute Gasteiger partial charge is 0.416 e. The van der Waals surface area contributed by atoms with E-state index in [1.54, 1.807) is 0 Å². The Morgan fingerprint density at radius 2 is 1.81 bits per heavy atom. The third kappa shape index (κ3) is 7.73. The molecule has 0 saturated heterocycles. The number of ether oxygens (including phenoxy) is 1. The topological polar surface area (TPSA) is 105 Å². The van der Waals surface area contributed by atoms with E-state index in [0.717, 1.165) is 24.3 Å². The molecule has 13 heteroatoms. The Hall–Kier alpha value is -2.77. The number of sulfonamides is 1. The first-order valence-electron chi connectivity index (χ1n) is 9.08. The fraction of sp³-hybridized carbons (Fsp3) is 0.316. The highest BCUT2D eigenvalue weighted by Crippen LogP contribution is 2.31. The van der Waals surface area contributed by atoms with Crippen LogP contribution in [0.25, 0.3) is 0 Å². The van der Waals surface area contributed by atoms with E-state index in [-0.39, 0.29) is 25.3 Å². The van der Waals surface area contributed by atoms with Gasteiger partial charge in [0, 0.05) is 19.5 Å². The molecule has 7 nitrogen and oxygen atoms in total. The molecule has 1 amide bonds. The standard InChI is InChI=1S/C19H19F5N2O5S/c20-16-5-4-15(9-17(16)21)32(29,30)26-7-6-18(28)25-10-13(27)11-31-14-3-1-2-12(8-14)19(22,23)24/h1-5,8-9,13,26-27H,6-7,10-11H2,(H,25,28). The molecule has 0 aromatic heterocycles. The molecule has 1 atom stereocenters. The first-order chi connectivity index (χ1) is 14.9. The summed E-state index contributed by atoms with van der Waals surface area (Å²) in [4.78, 5) is 11.3. The number of nitrogens with one attached hydrogen (secondary N) is 2. The first kappa shape index (κ1) is 25.5. The molecule has 0 aliphatic heterocycles. The minimum Gasteiger partial charge on any atom is -0.491 e. The van der Waals surface area contributed by atoms with Gasteiger partial charge in [0.05, 0.1) is 10.5 Å². The number of amides is 1. The van der Waals surface area contributed by atoms with Gasteiger partial charge in [-0.05, 0) is 36.4 Å². The minimum absolute atomic E-state index is 0.114. The molecule has 1 unspecified atom stereocenters. The summed E-state index contributed by atoms with van der Waals surface area (Å²) in [6, 6.07) is 6.07. The van der Waals surface area contributed by atoms with E-state index in [2.05, 4.69) is 5.32 Å². The Bertz CT molecular complexity index is 1050. The van der Waals surface area contributed by atoms with E-state index < -0.39 is 56.9 Å². The third-order valence-electron chi connectivity index (χ3n) is 3.98. The van der Waals surface area contributed by atoms with Gasteiger partial charge in [0.15, 0.2) is 11.6 Å². The van der Waals surface area contributed by atoms with Crippen molar-refractivity contribution in [2.24, 2.45) is 0 Å². The summed E-state index contributed by atoms with van der Waals surface area (Å²) in [5.74, 6) is -3.31. The lowest BCUT2D eigenvalue weighted by molar-refractivity contribution is -0.137. The molecule has 0 saturated carbocycles. The van der Waals surface area contributed by atoms with Crippen molar-refractivity contribution < 1.29 is 45.0 Å². The Morgan fingerprint density at radius 3 is 2.47 bits per heavy atom. The fourth-order valence-corrected chi connectivity index (χ4v) is 3.40. The second kappa shape index (κ2) is 10.7. The summed E-state index contributed by atoms with van der Waals surface area (Å²) in [6.07, 6.45) is -6.12. The number of hydrogen-bond donors (Lipinski definition) is 3. The van der Waals surface area contributed by atoms with Crippen LogP contribution < -0.4 is 14.8 Å². The van der Waals surface area contributed by atoms with Gasteiger partial charge in [0.1, 0.15) is 18.5 Å². The molecule has 3 N–H and O–H groups in total. The van der Waals surface area contributed by atoms with Crippen LogP contribution in [0.5, 0.6) is 5.75 Å². The molecule has 0 spiro atoms. The molecule has 176 valence electrons. The average molecular weight is 482 g/mol. The van der Waals surface area contributed by atoms with Gasteiger partial charge in [-0.3, -0.25) is 4.79 Å². The maximum Gasteiger partial charge on any atom is 0.416 e. The zero-order valence-electron chi connectivity index (χ0n) is 16.3. The maximum absolute atomic E-state index is 13.2. The van der Waals surface area contributed by atoms with E-state index in [1.807, 2.05) is 4.72 Å². The molecule has 2 rings (SSSR count). The zero-order chi connectivity index (χ0) is 23.9. The van der Waals surface area contributed by atoms with Crippen LogP contribution in [-0.4, -0.2) is 45.2 Å². The average Bonchev–Trinajstić information content (AvgIpc) is 2.72. The quantitative estimate of drug-likeness (QED) is 0.451. The van der Waals surface area contributed by atoms with Gasteiger partial charge in [-0.2, -0.15) is 13.2 Å². The van der Waals surface area contributed by atoms with Crippen LogP contribution in [0.3, 0.4) is 0 Å². The van der Waals surface area contributed by atoms with Crippen molar-refractivity contribution in [3.05, 3.63) is 59.7 Å². The molecule has 0 aliphatic rings. The molecular weight excluding hydrogens is 463 g/mol. The van der Waals surface area contributed by atoms with Crippen molar-refractivity contribution in [1.29, 1.82) is 0 Å². The number of benzene rings is 2. The van der Waals surface area contributed by atoms with Crippen LogP contribution in [0.15, 0.2) is 47.4 Å². The summed E-state index contributed by atoms with van der Waals surface area (Å²) in [6.45, 7) is -1.05. The Balaban J connectivity index is 1.73. The monoisotopic (exact) mass is 482 g/mol. The van der Waals surface area contributed by atoms with Crippen molar-refractivity contribution in [3.8, 4) is 5.75 Å². The number of aliphatic hydroxyl groups excluding tert-OH is 1. The molecular formula is C19H19F5N2O5S. The van der Waals surface area contributed by atoms with E-state index in [4.69, 9.17) is 4.74 Å². The number of carbonyl (C=O) groups is 1. The van der Waals surface area contributed by atoms with Crippen molar-refractivity contribution in [3.63, 3.8) is 0 Å². The number of rotatable bonds is 10. The molecule has 0 radical (unpaired) electrons. The molecule has 0 aliphatic carbocycles. The number of hydrogen-bond acceptors (Lipinski definition) is 5. The fourth-order valence-electron chi connectivity index (χ4n) is 2.36. The molecule has 32 heavy (non-hydrogen) atoms. The van der Waals surface area contributed by atoms with Gasteiger partial charge >= 0.3 is 6.18 Å². The van der Waals surface area contributed by atoms with E-state index >= 15 is 0 Å². The third-order valence-corrected chi connectivity index (χ3v) is 5.44. The lowest BCUT2D eigenvalue weighted by Crippen LogP contribution is -2.37. The number of alkyl halides is 3. The highest BCUT2D eigenvalue weighted by Gasteiger charge is 2.30. The summed E-state index contributed by atoms with van der Waals surface area (Å²) in [7, 11) is -4.17. The number of carbonyl (C=O) groups excluding carboxylic acids is 1. The molecule has 0 fully saturated rings. The van der Waals surface area contributed by atoms with Crippen LogP contribution >= 0.6 is 0 Å². The SMILES string of the molecule is O=C(CCNS(=O)(=O)c1ccc(F)c(F)c1)NCC(O)COc1cccc(C(F)(F)F)c1. The van der Waals surface area contributed by atoms with Crippen molar-refractivity contribution >= 4 is 15.9 Å². The molecule has 0 bridgehead atoms. The molecule has 2 aromatic carbocycles. The van der Waals surface area contributed by atoms with Gasteiger partial charge in [-0.25, -0.2) is 21.9 Å². The van der Waals surface area contributed by atoms with Crippen molar-refractivity contribution in [2.75, 3.05) is 19.7 Å². The van der Waals surface area contributed by atoms with Crippen LogP contribution in [0.2, 0.25) is 0 Å². The van der Waals surface area contributed by atoms with E-state index in [9.17, 15) is 40.3 Å². The highest BCUT2D eigenvalue weighted by atomic mass is 32.2. The largest absolute Gasteiger partial charge is 0.491 e. The Labute approximate surface area is 180 Å². The number of halogens is 5. The minimum atomic E-state index is -4.54. The van der Waals surface area contributed by atoms with Crippen LogP contribution in [-0.2, 0) is 21.0 Å². The molecule has 2 aromatic rings. The predicted octanol–water partition coefficient (Wildman–Crippen LogP) is 2.21. The normalized spacial score (nSPS) is 12.9. The first-order valence-corrected chi connectivity index (χ1v) is 10.6. The van der Waals surface area contributed by atoms with Gasteiger partial charge in [0.25, 0.3) is 0 Å².